The van der Waals surface area contributed by atoms with Crippen molar-refractivity contribution < 1.29 is 8.42 Å². The van der Waals surface area contributed by atoms with Gasteiger partial charge in [-0.05, 0) is 31.4 Å². The molecular formula is C12H14O2S. The number of allylic oxidation sites excluding steroid dienone is 1. The molecule has 0 bridgehead atoms. The van der Waals surface area contributed by atoms with E-state index < -0.39 is 9.84 Å². The van der Waals surface area contributed by atoms with Crippen LogP contribution < -0.4 is 0 Å². The summed E-state index contributed by atoms with van der Waals surface area (Å²) < 4.78 is 24.3. The number of rotatable bonds is 2. The molecule has 2 nitrogen and oxygen atoms in total. The normalized spacial score (nSPS) is 21.5. The van der Waals surface area contributed by atoms with Crippen molar-refractivity contribution in [3.8, 4) is 0 Å². The van der Waals surface area contributed by atoms with E-state index in [0.29, 0.717) is 4.90 Å². The van der Waals surface area contributed by atoms with Gasteiger partial charge >= 0.3 is 0 Å². The number of benzene rings is 1. The first-order chi connectivity index (χ1) is 7.21. The van der Waals surface area contributed by atoms with Crippen LogP contribution in [0.4, 0.5) is 0 Å². The third-order valence-corrected chi connectivity index (χ3v) is 4.80. The minimum Gasteiger partial charge on any atom is -0.223 e. The summed E-state index contributed by atoms with van der Waals surface area (Å²) in [7, 11) is -3.15. The smallest absolute Gasteiger partial charge is 0.184 e. The van der Waals surface area contributed by atoms with E-state index in [4.69, 9.17) is 0 Å². The van der Waals surface area contributed by atoms with Gasteiger partial charge in [-0.15, -0.1) is 0 Å². The fraction of sp³-hybridized carbons (Fsp3) is 0.333. The maximum Gasteiger partial charge on any atom is 0.184 e. The Labute approximate surface area is 90.6 Å². The van der Waals surface area contributed by atoms with E-state index in [1.54, 1.807) is 24.3 Å². The van der Waals surface area contributed by atoms with Gasteiger partial charge in [0, 0.05) is 0 Å². The van der Waals surface area contributed by atoms with Gasteiger partial charge in [-0.2, -0.15) is 0 Å². The summed E-state index contributed by atoms with van der Waals surface area (Å²) >= 11 is 0. The number of hydrogen-bond donors (Lipinski definition) is 0. The molecule has 0 fully saturated rings. The second-order valence-electron chi connectivity index (χ2n) is 3.76. The molecular weight excluding hydrogens is 208 g/mol. The molecule has 1 aliphatic carbocycles. The van der Waals surface area contributed by atoms with Crippen molar-refractivity contribution in [2.75, 3.05) is 0 Å². The van der Waals surface area contributed by atoms with Gasteiger partial charge in [0.2, 0.25) is 0 Å². The molecule has 3 heteroatoms. The van der Waals surface area contributed by atoms with Gasteiger partial charge in [-0.1, -0.05) is 30.4 Å². The molecule has 80 valence electrons. The highest BCUT2D eigenvalue weighted by Gasteiger charge is 2.25. The first-order valence-corrected chi connectivity index (χ1v) is 6.71. The van der Waals surface area contributed by atoms with E-state index in [0.717, 1.165) is 19.3 Å². The van der Waals surface area contributed by atoms with Gasteiger partial charge in [-0.25, -0.2) is 8.42 Å². The first-order valence-electron chi connectivity index (χ1n) is 5.17. The van der Waals surface area contributed by atoms with Crippen LogP contribution in [0, 0.1) is 0 Å². The van der Waals surface area contributed by atoms with E-state index >= 15 is 0 Å². The summed E-state index contributed by atoms with van der Waals surface area (Å²) in [5, 5.41) is -0.325. The Kier molecular flexibility index (Phi) is 2.91. The Morgan fingerprint density at radius 3 is 2.47 bits per heavy atom. The Hall–Kier alpha value is -1.09. The highest BCUT2D eigenvalue weighted by atomic mass is 32.2. The van der Waals surface area contributed by atoms with E-state index in [1.165, 1.54) is 0 Å². The van der Waals surface area contributed by atoms with Crippen molar-refractivity contribution in [1.82, 2.24) is 0 Å². The molecule has 1 aliphatic rings. The second kappa shape index (κ2) is 4.19. The second-order valence-corrected chi connectivity index (χ2v) is 5.92. The Morgan fingerprint density at radius 2 is 1.87 bits per heavy atom. The van der Waals surface area contributed by atoms with Gasteiger partial charge in [0.1, 0.15) is 0 Å². The Balaban J connectivity index is 2.35. The van der Waals surface area contributed by atoms with Crippen molar-refractivity contribution in [2.45, 2.75) is 29.4 Å². The highest BCUT2D eigenvalue weighted by Crippen LogP contribution is 2.23. The van der Waals surface area contributed by atoms with Gasteiger partial charge in [0.25, 0.3) is 0 Å². The van der Waals surface area contributed by atoms with Gasteiger partial charge in [0.05, 0.1) is 10.1 Å². The lowest BCUT2D eigenvalue weighted by atomic mass is 10.1. The SMILES string of the molecule is O=S(=O)(c1ccccc1)C1C=CCCC1. The van der Waals surface area contributed by atoms with Crippen LogP contribution in [0.5, 0.6) is 0 Å². The fourth-order valence-corrected chi connectivity index (χ4v) is 3.51. The molecule has 0 amide bonds. The van der Waals surface area contributed by atoms with Crippen LogP contribution in [0.3, 0.4) is 0 Å². The van der Waals surface area contributed by atoms with Crippen molar-refractivity contribution >= 4 is 9.84 Å². The van der Waals surface area contributed by atoms with Crippen LogP contribution in [0.1, 0.15) is 19.3 Å². The van der Waals surface area contributed by atoms with Crippen LogP contribution in [0.15, 0.2) is 47.4 Å². The largest absolute Gasteiger partial charge is 0.223 e. The van der Waals surface area contributed by atoms with E-state index in [2.05, 4.69) is 0 Å². The first kappa shape index (κ1) is 10.4. The molecule has 0 N–H and O–H groups in total. The maximum absolute atomic E-state index is 12.1. The van der Waals surface area contributed by atoms with E-state index in [1.807, 2.05) is 18.2 Å². The Morgan fingerprint density at radius 1 is 1.13 bits per heavy atom. The molecule has 1 atom stereocenters. The van der Waals surface area contributed by atoms with Crippen LogP contribution in [0.25, 0.3) is 0 Å². The zero-order valence-corrected chi connectivity index (χ0v) is 9.28. The summed E-state index contributed by atoms with van der Waals surface area (Å²) in [6.45, 7) is 0. The molecule has 1 aromatic carbocycles. The lowest BCUT2D eigenvalue weighted by molar-refractivity contribution is 0.577. The van der Waals surface area contributed by atoms with Crippen molar-refractivity contribution in [3.63, 3.8) is 0 Å². The molecule has 1 unspecified atom stereocenters. The van der Waals surface area contributed by atoms with Crippen molar-refractivity contribution in [1.29, 1.82) is 0 Å². The summed E-state index contributed by atoms with van der Waals surface area (Å²) in [5.74, 6) is 0. The van der Waals surface area contributed by atoms with Crippen molar-refractivity contribution in [2.24, 2.45) is 0 Å². The molecule has 0 radical (unpaired) electrons. The molecule has 0 aromatic heterocycles. The lowest BCUT2D eigenvalue weighted by Gasteiger charge is -2.16. The van der Waals surface area contributed by atoms with Crippen LogP contribution in [-0.4, -0.2) is 13.7 Å². The molecule has 0 saturated heterocycles. The van der Waals surface area contributed by atoms with E-state index in [-0.39, 0.29) is 5.25 Å². The quantitative estimate of drug-likeness (QED) is 0.721. The topological polar surface area (TPSA) is 34.1 Å². The predicted octanol–water partition coefficient (Wildman–Crippen LogP) is 2.57. The standard InChI is InChI=1S/C12H14O2S/c13-15(14,11-7-3-1-4-8-11)12-9-5-2-6-10-12/h1,3-5,7-9,12H,2,6,10H2. The van der Waals surface area contributed by atoms with Crippen LogP contribution >= 0.6 is 0 Å². The maximum atomic E-state index is 12.1. The number of hydrogen-bond acceptors (Lipinski definition) is 2. The monoisotopic (exact) mass is 222 g/mol. The zero-order valence-electron chi connectivity index (χ0n) is 8.46. The third kappa shape index (κ3) is 2.12. The average Bonchev–Trinajstić information content (AvgIpc) is 2.31. The fourth-order valence-electron chi connectivity index (χ4n) is 1.82. The molecule has 1 aromatic rings. The van der Waals surface area contributed by atoms with Gasteiger partial charge < -0.3 is 0 Å². The van der Waals surface area contributed by atoms with Crippen molar-refractivity contribution in [3.05, 3.63) is 42.5 Å². The van der Waals surface area contributed by atoms with Crippen LogP contribution in [0.2, 0.25) is 0 Å². The summed E-state index contributed by atoms with van der Waals surface area (Å²) in [5.41, 5.74) is 0. The predicted molar refractivity (Wildman–Crippen MR) is 60.4 cm³/mol. The van der Waals surface area contributed by atoms with Crippen LogP contribution in [-0.2, 0) is 9.84 Å². The summed E-state index contributed by atoms with van der Waals surface area (Å²) in [6.07, 6.45) is 6.50. The molecule has 0 aliphatic heterocycles. The summed E-state index contributed by atoms with van der Waals surface area (Å²) in [6, 6.07) is 8.68. The minimum absolute atomic E-state index is 0.325. The van der Waals surface area contributed by atoms with Gasteiger partial charge in [-0.3, -0.25) is 0 Å². The molecule has 15 heavy (non-hydrogen) atoms. The number of sulfone groups is 1. The zero-order chi connectivity index (χ0) is 10.7. The lowest BCUT2D eigenvalue weighted by Crippen LogP contribution is -2.20. The minimum atomic E-state index is -3.15. The third-order valence-electron chi connectivity index (χ3n) is 2.68. The molecule has 0 saturated carbocycles. The molecule has 0 heterocycles. The molecule has 0 spiro atoms. The average molecular weight is 222 g/mol. The Bertz CT molecular complexity index is 446. The van der Waals surface area contributed by atoms with E-state index in [9.17, 15) is 8.42 Å². The van der Waals surface area contributed by atoms with Gasteiger partial charge in [0.15, 0.2) is 9.84 Å². The highest BCUT2D eigenvalue weighted by molar-refractivity contribution is 7.92. The summed E-state index contributed by atoms with van der Waals surface area (Å²) in [4.78, 5) is 0.432. The molecule has 2 rings (SSSR count).